The molecule has 0 unspecified atom stereocenters. The van der Waals surface area contributed by atoms with Crippen LogP contribution >= 0.6 is 23.2 Å². The molecule has 0 aliphatic heterocycles. The number of rotatable bonds is 5. The van der Waals surface area contributed by atoms with E-state index in [1.807, 2.05) is 6.07 Å². The highest BCUT2D eigenvalue weighted by Crippen LogP contribution is 2.24. The number of carbonyl (C=O) groups is 1. The maximum absolute atomic E-state index is 13.5. The van der Waals surface area contributed by atoms with Crippen LogP contribution in [0.4, 0.5) is 10.1 Å². The summed E-state index contributed by atoms with van der Waals surface area (Å²) < 4.78 is 13.5. The minimum Gasteiger partial charge on any atom is -0.320 e. The summed E-state index contributed by atoms with van der Waals surface area (Å²) in [6.07, 6.45) is 1.89. The molecule has 0 aromatic heterocycles. The maximum atomic E-state index is 13.5. The summed E-state index contributed by atoms with van der Waals surface area (Å²) in [6.45, 7) is 0. The van der Waals surface area contributed by atoms with Crippen molar-refractivity contribution in [2.24, 2.45) is 0 Å². The standard InChI is InChI=1S/C23H15Cl2FN2O/c24-19-9-8-16(10-15-4-3-5-20(26)11-15)17(13-19)12-18(14-27)23(29)28-22-7-2-1-6-21(22)25/h1-9,11-13H,10H2,(H,28,29)/b18-12+. The normalized spacial score (nSPS) is 11.0. The van der Waals surface area contributed by atoms with Crippen molar-refractivity contribution >= 4 is 40.9 Å². The number of nitrogens with one attached hydrogen (secondary N) is 1. The summed E-state index contributed by atoms with van der Waals surface area (Å²) in [5.74, 6) is -0.914. The Hall–Kier alpha value is -3.13. The molecule has 1 amide bonds. The second-order valence-electron chi connectivity index (χ2n) is 6.25. The quantitative estimate of drug-likeness (QED) is 0.387. The Labute approximate surface area is 178 Å². The molecular weight excluding hydrogens is 410 g/mol. The molecule has 29 heavy (non-hydrogen) atoms. The van der Waals surface area contributed by atoms with Gasteiger partial charge in [-0.1, -0.05) is 53.5 Å². The zero-order valence-corrected chi connectivity index (χ0v) is 16.6. The van der Waals surface area contributed by atoms with E-state index in [2.05, 4.69) is 5.32 Å². The number of nitriles is 1. The lowest BCUT2D eigenvalue weighted by atomic mass is 9.98. The second kappa shape index (κ2) is 9.38. The highest BCUT2D eigenvalue weighted by molar-refractivity contribution is 6.34. The monoisotopic (exact) mass is 424 g/mol. The van der Waals surface area contributed by atoms with E-state index in [1.54, 1.807) is 54.6 Å². The first kappa shape index (κ1) is 20.6. The summed E-state index contributed by atoms with van der Waals surface area (Å²) in [7, 11) is 0. The molecule has 0 aliphatic carbocycles. The molecule has 3 nitrogen and oxygen atoms in total. The van der Waals surface area contributed by atoms with E-state index in [0.29, 0.717) is 27.7 Å². The van der Waals surface area contributed by atoms with Gasteiger partial charge < -0.3 is 5.32 Å². The number of benzene rings is 3. The predicted octanol–water partition coefficient (Wildman–Crippen LogP) is 6.27. The van der Waals surface area contributed by atoms with Gasteiger partial charge in [0.1, 0.15) is 17.5 Å². The Bertz CT molecular complexity index is 1140. The topological polar surface area (TPSA) is 52.9 Å². The van der Waals surface area contributed by atoms with Gasteiger partial charge in [0.25, 0.3) is 5.91 Å². The molecule has 0 heterocycles. The molecule has 0 saturated carbocycles. The van der Waals surface area contributed by atoms with Crippen molar-refractivity contribution in [3.63, 3.8) is 0 Å². The molecule has 3 rings (SSSR count). The zero-order valence-electron chi connectivity index (χ0n) is 15.1. The zero-order chi connectivity index (χ0) is 20.8. The van der Waals surface area contributed by atoms with E-state index < -0.39 is 5.91 Å². The third-order valence-electron chi connectivity index (χ3n) is 4.18. The van der Waals surface area contributed by atoms with Gasteiger partial charge in [-0.2, -0.15) is 5.26 Å². The SMILES string of the molecule is N#C/C(=C\c1cc(Cl)ccc1Cc1cccc(F)c1)C(=O)Nc1ccccc1Cl. The van der Waals surface area contributed by atoms with Crippen molar-refractivity contribution in [2.75, 3.05) is 5.32 Å². The van der Waals surface area contributed by atoms with Crippen LogP contribution in [0.15, 0.2) is 72.3 Å². The van der Waals surface area contributed by atoms with Crippen LogP contribution < -0.4 is 5.32 Å². The number of hydrogen-bond donors (Lipinski definition) is 1. The van der Waals surface area contributed by atoms with Gasteiger partial charge >= 0.3 is 0 Å². The van der Waals surface area contributed by atoms with Crippen LogP contribution in [-0.2, 0) is 11.2 Å². The van der Waals surface area contributed by atoms with Crippen molar-refractivity contribution in [1.82, 2.24) is 0 Å². The molecule has 1 N–H and O–H groups in total. The molecule has 6 heteroatoms. The third kappa shape index (κ3) is 5.45. The smallest absolute Gasteiger partial charge is 0.266 e. The number of halogens is 3. The van der Waals surface area contributed by atoms with Gasteiger partial charge in [0, 0.05) is 5.02 Å². The lowest BCUT2D eigenvalue weighted by Crippen LogP contribution is -2.13. The van der Waals surface area contributed by atoms with Gasteiger partial charge in [0.15, 0.2) is 0 Å². The lowest BCUT2D eigenvalue weighted by molar-refractivity contribution is -0.112. The Morgan fingerprint density at radius 2 is 1.86 bits per heavy atom. The molecule has 0 atom stereocenters. The molecule has 0 aliphatic rings. The number of nitrogens with zero attached hydrogens (tertiary/aromatic N) is 1. The minimum atomic E-state index is -0.586. The van der Waals surface area contributed by atoms with E-state index in [9.17, 15) is 14.4 Å². The Morgan fingerprint density at radius 1 is 1.07 bits per heavy atom. The molecular formula is C23H15Cl2FN2O. The van der Waals surface area contributed by atoms with Crippen LogP contribution in [0.1, 0.15) is 16.7 Å². The number of amides is 1. The van der Waals surface area contributed by atoms with E-state index in [0.717, 1.165) is 11.1 Å². The van der Waals surface area contributed by atoms with E-state index >= 15 is 0 Å². The lowest BCUT2D eigenvalue weighted by Gasteiger charge is -2.09. The van der Waals surface area contributed by atoms with Crippen molar-refractivity contribution < 1.29 is 9.18 Å². The molecule has 3 aromatic rings. The second-order valence-corrected chi connectivity index (χ2v) is 7.10. The van der Waals surface area contributed by atoms with Crippen LogP contribution in [0.25, 0.3) is 6.08 Å². The molecule has 0 bridgehead atoms. The van der Waals surface area contributed by atoms with E-state index in [-0.39, 0.29) is 11.4 Å². The van der Waals surface area contributed by atoms with Gasteiger partial charge in [0.2, 0.25) is 0 Å². The Kier molecular flexibility index (Phi) is 6.66. The van der Waals surface area contributed by atoms with Crippen molar-refractivity contribution in [3.05, 3.63) is 105 Å². The summed E-state index contributed by atoms with van der Waals surface area (Å²) in [6, 6.07) is 20.1. The fourth-order valence-electron chi connectivity index (χ4n) is 2.78. The van der Waals surface area contributed by atoms with Crippen molar-refractivity contribution in [3.8, 4) is 6.07 Å². The average molecular weight is 425 g/mol. The fourth-order valence-corrected chi connectivity index (χ4v) is 3.15. The van der Waals surface area contributed by atoms with Crippen LogP contribution in [0.3, 0.4) is 0 Å². The van der Waals surface area contributed by atoms with Gasteiger partial charge in [-0.3, -0.25) is 4.79 Å². The summed E-state index contributed by atoms with van der Waals surface area (Å²) in [4.78, 5) is 12.6. The number of para-hydroxylation sites is 1. The first-order chi connectivity index (χ1) is 14.0. The van der Waals surface area contributed by atoms with Gasteiger partial charge in [-0.05, 0) is 65.6 Å². The van der Waals surface area contributed by atoms with Crippen molar-refractivity contribution in [2.45, 2.75) is 6.42 Å². The minimum absolute atomic E-state index is 0.104. The number of carbonyl (C=O) groups excluding carboxylic acids is 1. The fraction of sp³-hybridized carbons (Fsp3) is 0.0435. The van der Waals surface area contributed by atoms with Crippen LogP contribution in [-0.4, -0.2) is 5.91 Å². The highest BCUT2D eigenvalue weighted by atomic mass is 35.5. The van der Waals surface area contributed by atoms with Crippen LogP contribution in [0.2, 0.25) is 10.0 Å². The average Bonchev–Trinajstić information content (AvgIpc) is 2.69. The molecule has 0 spiro atoms. The highest BCUT2D eigenvalue weighted by Gasteiger charge is 2.13. The van der Waals surface area contributed by atoms with E-state index in [1.165, 1.54) is 18.2 Å². The Morgan fingerprint density at radius 3 is 2.59 bits per heavy atom. The largest absolute Gasteiger partial charge is 0.320 e. The molecule has 3 aromatic carbocycles. The van der Waals surface area contributed by atoms with Crippen LogP contribution in [0, 0.1) is 17.1 Å². The number of anilines is 1. The van der Waals surface area contributed by atoms with E-state index in [4.69, 9.17) is 23.2 Å². The van der Waals surface area contributed by atoms with Gasteiger partial charge in [0.05, 0.1) is 10.7 Å². The van der Waals surface area contributed by atoms with Gasteiger partial charge in [-0.15, -0.1) is 0 Å². The Balaban J connectivity index is 1.92. The summed E-state index contributed by atoms with van der Waals surface area (Å²) >= 11 is 12.2. The maximum Gasteiger partial charge on any atom is 0.266 e. The predicted molar refractivity (Wildman–Crippen MR) is 114 cm³/mol. The van der Waals surface area contributed by atoms with Crippen molar-refractivity contribution in [1.29, 1.82) is 5.26 Å². The molecule has 0 saturated heterocycles. The molecule has 0 fully saturated rings. The molecule has 144 valence electrons. The first-order valence-corrected chi connectivity index (χ1v) is 9.42. The van der Waals surface area contributed by atoms with Crippen LogP contribution in [0.5, 0.6) is 0 Å². The third-order valence-corrected chi connectivity index (χ3v) is 4.74. The summed E-state index contributed by atoms with van der Waals surface area (Å²) in [5.41, 5.74) is 2.48. The summed E-state index contributed by atoms with van der Waals surface area (Å²) in [5, 5.41) is 13.0. The van der Waals surface area contributed by atoms with Gasteiger partial charge in [-0.25, -0.2) is 4.39 Å². The first-order valence-electron chi connectivity index (χ1n) is 8.67. The number of hydrogen-bond acceptors (Lipinski definition) is 2. The molecule has 0 radical (unpaired) electrons.